The number of anilines is 1. The Labute approximate surface area is 118 Å². The van der Waals surface area contributed by atoms with Crippen molar-refractivity contribution < 1.29 is 9.26 Å². The molecule has 5 nitrogen and oxygen atoms in total. The van der Waals surface area contributed by atoms with Gasteiger partial charge in [-0.1, -0.05) is 5.16 Å². The van der Waals surface area contributed by atoms with Gasteiger partial charge in [0.2, 0.25) is 11.7 Å². The van der Waals surface area contributed by atoms with Crippen LogP contribution in [0.4, 0.5) is 5.69 Å². The van der Waals surface area contributed by atoms with E-state index in [1.165, 1.54) is 0 Å². The summed E-state index contributed by atoms with van der Waals surface area (Å²) in [6.07, 6.45) is 3.44. The van der Waals surface area contributed by atoms with E-state index < -0.39 is 0 Å². The van der Waals surface area contributed by atoms with Crippen molar-refractivity contribution in [2.45, 2.75) is 32.3 Å². The van der Waals surface area contributed by atoms with Crippen LogP contribution in [0.2, 0.25) is 0 Å². The Morgan fingerprint density at radius 3 is 2.75 bits per heavy atom. The van der Waals surface area contributed by atoms with E-state index in [4.69, 9.17) is 15.0 Å². The molecule has 0 amide bonds. The van der Waals surface area contributed by atoms with E-state index in [9.17, 15) is 0 Å². The first-order valence-corrected chi connectivity index (χ1v) is 7.04. The van der Waals surface area contributed by atoms with Gasteiger partial charge in [0.1, 0.15) is 0 Å². The van der Waals surface area contributed by atoms with Gasteiger partial charge in [-0.05, 0) is 49.9 Å². The number of benzene rings is 1. The highest BCUT2D eigenvalue weighted by molar-refractivity contribution is 5.57. The number of hydrogen-bond acceptors (Lipinski definition) is 5. The first-order valence-electron chi connectivity index (χ1n) is 7.04. The SMILES string of the molecule is CCOC1CC(Cc2nc(-c3ccc(N)cc3)no2)C1. The molecule has 1 heterocycles. The summed E-state index contributed by atoms with van der Waals surface area (Å²) >= 11 is 0. The first kappa shape index (κ1) is 13.1. The second-order valence-electron chi connectivity index (χ2n) is 5.25. The predicted molar refractivity (Wildman–Crippen MR) is 76.0 cm³/mol. The molecule has 1 aromatic carbocycles. The molecule has 20 heavy (non-hydrogen) atoms. The minimum Gasteiger partial charge on any atom is -0.399 e. The van der Waals surface area contributed by atoms with Crippen LogP contribution in [0.3, 0.4) is 0 Å². The lowest BCUT2D eigenvalue weighted by Gasteiger charge is -2.33. The largest absolute Gasteiger partial charge is 0.399 e. The molecule has 5 heteroatoms. The summed E-state index contributed by atoms with van der Waals surface area (Å²) < 4.78 is 10.9. The zero-order chi connectivity index (χ0) is 13.9. The molecule has 0 unspecified atom stereocenters. The summed E-state index contributed by atoms with van der Waals surface area (Å²) in [6.45, 7) is 2.82. The van der Waals surface area contributed by atoms with Crippen LogP contribution in [-0.4, -0.2) is 22.9 Å². The topological polar surface area (TPSA) is 74.2 Å². The molecule has 2 aromatic rings. The number of hydrogen-bond donors (Lipinski definition) is 1. The van der Waals surface area contributed by atoms with E-state index in [0.29, 0.717) is 23.7 Å². The lowest BCUT2D eigenvalue weighted by Crippen LogP contribution is -2.32. The average molecular weight is 273 g/mol. The quantitative estimate of drug-likeness (QED) is 0.848. The molecular formula is C15H19N3O2. The standard InChI is InChI=1S/C15H19N3O2/c1-2-19-13-7-10(8-13)9-14-17-15(18-20-14)11-3-5-12(16)6-4-11/h3-6,10,13H,2,7-9,16H2,1H3. The Bertz CT molecular complexity index is 559. The van der Waals surface area contributed by atoms with Gasteiger partial charge in [0.15, 0.2) is 0 Å². The summed E-state index contributed by atoms with van der Waals surface area (Å²) in [7, 11) is 0. The van der Waals surface area contributed by atoms with E-state index in [-0.39, 0.29) is 0 Å². The van der Waals surface area contributed by atoms with Crippen LogP contribution in [0.1, 0.15) is 25.7 Å². The molecular weight excluding hydrogens is 254 g/mol. The fraction of sp³-hybridized carbons (Fsp3) is 0.467. The summed E-state index contributed by atoms with van der Waals surface area (Å²) in [5, 5.41) is 4.02. The van der Waals surface area contributed by atoms with Crippen LogP contribution >= 0.6 is 0 Å². The van der Waals surface area contributed by atoms with Gasteiger partial charge in [-0.3, -0.25) is 0 Å². The average Bonchev–Trinajstić information content (AvgIpc) is 2.86. The molecule has 106 valence electrons. The van der Waals surface area contributed by atoms with Gasteiger partial charge in [0.25, 0.3) is 0 Å². The summed E-state index contributed by atoms with van der Waals surface area (Å²) in [5.74, 6) is 1.93. The highest BCUT2D eigenvalue weighted by Crippen LogP contribution is 2.32. The normalized spacial score (nSPS) is 21.6. The van der Waals surface area contributed by atoms with Gasteiger partial charge in [-0.25, -0.2) is 0 Å². The van der Waals surface area contributed by atoms with E-state index in [1.807, 2.05) is 31.2 Å². The molecule has 2 N–H and O–H groups in total. The number of nitrogens with zero attached hydrogens (tertiary/aromatic N) is 2. The summed E-state index contributed by atoms with van der Waals surface area (Å²) in [4.78, 5) is 4.44. The molecule has 1 aromatic heterocycles. The monoisotopic (exact) mass is 273 g/mol. The van der Waals surface area contributed by atoms with Gasteiger partial charge >= 0.3 is 0 Å². The number of aromatic nitrogens is 2. The zero-order valence-corrected chi connectivity index (χ0v) is 11.6. The fourth-order valence-corrected chi connectivity index (χ4v) is 2.55. The number of nitrogens with two attached hydrogens (primary N) is 1. The molecule has 1 fully saturated rings. The number of ether oxygens (including phenoxy) is 1. The van der Waals surface area contributed by atoms with Crippen LogP contribution in [0.15, 0.2) is 28.8 Å². The Kier molecular flexibility index (Phi) is 3.69. The van der Waals surface area contributed by atoms with Crippen molar-refractivity contribution in [2.24, 2.45) is 5.92 Å². The van der Waals surface area contributed by atoms with Crippen LogP contribution in [0.25, 0.3) is 11.4 Å². The maximum absolute atomic E-state index is 5.66. The summed E-state index contributed by atoms with van der Waals surface area (Å²) in [5.41, 5.74) is 7.32. The minimum absolute atomic E-state index is 0.421. The molecule has 3 rings (SSSR count). The van der Waals surface area contributed by atoms with E-state index in [2.05, 4.69) is 10.1 Å². The van der Waals surface area contributed by atoms with Gasteiger partial charge in [0.05, 0.1) is 6.10 Å². The third kappa shape index (κ3) is 2.82. The Morgan fingerprint density at radius 1 is 1.30 bits per heavy atom. The van der Waals surface area contributed by atoms with Crippen LogP contribution < -0.4 is 5.73 Å². The summed E-state index contributed by atoms with van der Waals surface area (Å²) in [6, 6.07) is 7.48. The Balaban J connectivity index is 1.59. The number of rotatable bonds is 5. The molecule has 1 saturated carbocycles. The maximum Gasteiger partial charge on any atom is 0.227 e. The van der Waals surface area contributed by atoms with Gasteiger partial charge in [-0.2, -0.15) is 4.98 Å². The van der Waals surface area contributed by atoms with Crippen LogP contribution in [0.5, 0.6) is 0 Å². The predicted octanol–water partition coefficient (Wildman–Crippen LogP) is 2.68. The third-order valence-electron chi connectivity index (χ3n) is 3.70. The number of nitrogen functional groups attached to an aromatic ring is 1. The van der Waals surface area contributed by atoms with Crippen molar-refractivity contribution in [1.82, 2.24) is 10.1 Å². The molecule has 0 saturated heterocycles. The van der Waals surface area contributed by atoms with Crippen molar-refractivity contribution in [3.63, 3.8) is 0 Å². The zero-order valence-electron chi connectivity index (χ0n) is 11.6. The molecule has 0 aliphatic heterocycles. The Morgan fingerprint density at radius 2 is 2.05 bits per heavy atom. The third-order valence-corrected chi connectivity index (χ3v) is 3.70. The van der Waals surface area contributed by atoms with Gasteiger partial charge in [-0.15, -0.1) is 0 Å². The van der Waals surface area contributed by atoms with Crippen molar-refractivity contribution in [3.05, 3.63) is 30.2 Å². The molecule has 1 aliphatic rings. The highest BCUT2D eigenvalue weighted by atomic mass is 16.5. The molecule has 0 bridgehead atoms. The van der Waals surface area contributed by atoms with Gasteiger partial charge < -0.3 is 15.0 Å². The Hall–Kier alpha value is -1.88. The minimum atomic E-state index is 0.421. The fourth-order valence-electron chi connectivity index (χ4n) is 2.55. The highest BCUT2D eigenvalue weighted by Gasteiger charge is 2.31. The molecule has 0 atom stereocenters. The molecule has 0 spiro atoms. The van der Waals surface area contributed by atoms with Crippen molar-refractivity contribution in [2.75, 3.05) is 12.3 Å². The van der Waals surface area contributed by atoms with E-state index in [0.717, 1.165) is 37.1 Å². The van der Waals surface area contributed by atoms with Crippen molar-refractivity contribution in [3.8, 4) is 11.4 Å². The lowest BCUT2D eigenvalue weighted by atomic mass is 9.80. The lowest BCUT2D eigenvalue weighted by molar-refractivity contribution is -0.0258. The van der Waals surface area contributed by atoms with Crippen molar-refractivity contribution >= 4 is 5.69 Å². The second-order valence-corrected chi connectivity index (χ2v) is 5.25. The van der Waals surface area contributed by atoms with E-state index >= 15 is 0 Å². The molecule has 0 radical (unpaired) electrons. The second kappa shape index (κ2) is 5.63. The smallest absolute Gasteiger partial charge is 0.227 e. The van der Waals surface area contributed by atoms with Gasteiger partial charge in [0, 0.05) is 24.3 Å². The maximum atomic E-state index is 5.66. The van der Waals surface area contributed by atoms with Crippen molar-refractivity contribution in [1.29, 1.82) is 0 Å². The first-order chi connectivity index (χ1) is 9.74. The van der Waals surface area contributed by atoms with Crippen LogP contribution in [0, 0.1) is 5.92 Å². The van der Waals surface area contributed by atoms with E-state index in [1.54, 1.807) is 0 Å². The molecule has 1 aliphatic carbocycles. The van der Waals surface area contributed by atoms with Crippen LogP contribution in [-0.2, 0) is 11.2 Å².